The molecule has 1 aromatic heterocycles. The molecule has 2 heteroatoms. The van der Waals surface area contributed by atoms with Gasteiger partial charge in [-0.2, -0.15) is 0 Å². The molecule has 0 radical (unpaired) electrons. The van der Waals surface area contributed by atoms with E-state index >= 15 is 0 Å². The van der Waals surface area contributed by atoms with Crippen molar-refractivity contribution in [2.45, 2.75) is 0 Å². The highest BCUT2D eigenvalue weighted by Gasteiger charge is 2.07. The second-order valence-electron chi connectivity index (χ2n) is 4.41. The standard InChI is InChI=1S/C16H9BrS/c17-11-7-5-10-6-8-13-12-3-1-2-4-15(12)18-16(13)14(10)9-11/h1-9H. The third-order valence-electron chi connectivity index (χ3n) is 3.32. The lowest BCUT2D eigenvalue weighted by atomic mass is 10.1. The number of hydrogen-bond acceptors (Lipinski definition) is 1. The topological polar surface area (TPSA) is 0 Å². The molecule has 3 aromatic carbocycles. The van der Waals surface area contributed by atoms with E-state index in [2.05, 4.69) is 70.5 Å². The summed E-state index contributed by atoms with van der Waals surface area (Å²) < 4.78 is 3.88. The monoisotopic (exact) mass is 312 g/mol. The Hall–Kier alpha value is -1.38. The fraction of sp³-hybridized carbons (Fsp3) is 0. The van der Waals surface area contributed by atoms with Gasteiger partial charge in [0.25, 0.3) is 0 Å². The number of halogens is 1. The van der Waals surface area contributed by atoms with Crippen LogP contribution in [0.1, 0.15) is 0 Å². The highest BCUT2D eigenvalue weighted by Crippen LogP contribution is 2.38. The van der Waals surface area contributed by atoms with Gasteiger partial charge in [0, 0.05) is 30.0 Å². The van der Waals surface area contributed by atoms with E-state index in [-0.39, 0.29) is 0 Å². The lowest BCUT2D eigenvalue weighted by molar-refractivity contribution is 1.75. The van der Waals surface area contributed by atoms with E-state index < -0.39 is 0 Å². The second-order valence-corrected chi connectivity index (χ2v) is 6.37. The molecule has 0 spiro atoms. The van der Waals surface area contributed by atoms with Gasteiger partial charge in [-0.25, -0.2) is 0 Å². The van der Waals surface area contributed by atoms with E-state index in [1.54, 1.807) is 0 Å². The van der Waals surface area contributed by atoms with Crippen LogP contribution in [0.4, 0.5) is 0 Å². The molecule has 0 unspecified atom stereocenters. The summed E-state index contributed by atoms with van der Waals surface area (Å²) in [6.07, 6.45) is 0. The molecule has 4 aromatic rings. The lowest BCUT2D eigenvalue weighted by Crippen LogP contribution is -1.73. The zero-order valence-corrected chi connectivity index (χ0v) is 11.9. The Morgan fingerprint density at radius 3 is 2.56 bits per heavy atom. The molecule has 0 N–H and O–H groups in total. The Morgan fingerprint density at radius 2 is 1.61 bits per heavy atom. The molecule has 0 saturated carbocycles. The SMILES string of the molecule is Brc1ccc2ccc3c4ccccc4sc3c2c1. The smallest absolute Gasteiger partial charge is 0.0434 e. The summed E-state index contributed by atoms with van der Waals surface area (Å²) in [6.45, 7) is 0. The van der Waals surface area contributed by atoms with Gasteiger partial charge < -0.3 is 0 Å². The number of hydrogen-bond donors (Lipinski definition) is 0. The summed E-state index contributed by atoms with van der Waals surface area (Å²) in [5.41, 5.74) is 0. The van der Waals surface area contributed by atoms with Gasteiger partial charge in [-0.15, -0.1) is 11.3 Å². The minimum Gasteiger partial charge on any atom is -0.135 e. The molecular formula is C16H9BrS. The van der Waals surface area contributed by atoms with Gasteiger partial charge in [-0.3, -0.25) is 0 Å². The maximum Gasteiger partial charge on any atom is 0.0434 e. The summed E-state index contributed by atoms with van der Waals surface area (Å²) >= 11 is 5.45. The predicted octanol–water partition coefficient (Wildman–Crippen LogP) is 5.97. The minimum absolute atomic E-state index is 1.14. The van der Waals surface area contributed by atoms with Crippen molar-refractivity contribution in [2.24, 2.45) is 0 Å². The molecular weight excluding hydrogens is 304 g/mol. The molecule has 86 valence electrons. The van der Waals surface area contributed by atoms with E-state index in [1.165, 1.54) is 30.9 Å². The summed E-state index contributed by atoms with van der Waals surface area (Å²) in [5, 5.41) is 5.36. The van der Waals surface area contributed by atoms with Crippen molar-refractivity contribution in [2.75, 3.05) is 0 Å². The first-order valence-corrected chi connectivity index (χ1v) is 7.43. The fourth-order valence-electron chi connectivity index (χ4n) is 2.47. The van der Waals surface area contributed by atoms with E-state index in [9.17, 15) is 0 Å². The number of fused-ring (bicyclic) bond motifs is 5. The number of rotatable bonds is 0. The van der Waals surface area contributed by atoms with E-state index in [4.69, 9.17) is 0 Å². The third kappa shape index (κ3) is 1.43. The van der Waals surface area contributed by atoms with Crippen LogP contribution in [0.15, 0.2) is 59.1 Å². The van der Waals surface area contributed by atoms with Crippen LogP contribution in [0, 0.1) is 0 Å². The zero-order chi connectivity index (χ0) is 12.1. The molecule has 18 heavy (non-hydrogen) atoms. The molecule has 0 nitrogen and oxygen atoms in total. The maximum absolute atomic E-state index is 3.57. The van der Waals surface area contributed by atoms with Gasteiger partial charge in [-0.1, -0.05) is 52.3 Å². The van der Waals surface area contributed by atoms with Crippen molar-refractivity contribution in [3.05, 3.63) is 59.1 Å². The first kappa shape index (κ1) is 10.5. The Labute approximate surface area is 117 Å². The van der Waals surface area contributed by atoms with Gasteiger partial charge in [0.1, 0.15) is 0 Å². The molecule has 0 atom stereocenters. The van der Waals surface area contributed by atoms with Gasteiger partial charge in [0.2, 0.25) is 0 Å². The number of benzene rings is 3. The second kappa shape index (κ2) is 3.81. The van der Waals surface area contributed by atoms with Crippen LogP contribution in [-0.2, 0) is 0 Å². The Kier molecular flexibility index (Phi) is 2.23. The van der Waals surface area contributed by atoms with Crippen molar-refractivity contribution >= 4 is 58.2 Å². The van der Waals surface area contributed by atoms with Crippen molar-refractivity contribution in [3.63, 3.8) is 0 Å². The summed E-state index contributed by atoms with van der Waals surface area (Å²) in [6, 6.07) is 19.6. The highest BCUT2D eigenvalue weighted by molar-refractivity contribution is 9.10. The summed E-state index contributed by atoms with van der Waals surface area (Å²) in [5.74, 6) is 0. The average molecular weight is 313 g/mol. The van der Waals surface area contributed by atoms with Crippen LogP contribution in [0.2, 0.25) is 0 Å². The Bertz CT molecular complexity index is 889. The highest BCUT2D eigenvalue weighted by atomic mass is 79.9. The molecule has 1 heterocycles. The van der Waals surface area contributed by atoms with Gasteiger partial charge in [0.05, 0.1) is 0 Å². The summed E-state index contributed by atoms with van der Waals surface area (Å²) in [4.78, 5) is 0. The van der Waals surface area contributed by atoms with E-state index in [1.807, 2.05) is 11.3 Å². The number of thiophene rings is 1. The van der Waals surface area contributed by atoms with Crippen molar-refractivity contribution < 1.29 is 0 Å². The maximum atomic E-state index is 3.57. The Morgan fingerprint density at radius 1 is 0.778 bits per heavy atom. The van der Waals surface area contributed by atoms with Crippen LogP contribution in [-0.4, -0.2) is 0 Å². The average Bonchev–Trinajstić information content (AvgIpc) is 2.78. The van der Waals surface area contributed by atoms with Crippen molar-refractivity contribution in [1.82, 2.24) is 0 Å². The first-order chi connectivity index (χ1) is 8.83. The van der Waals surface area contributed by atoms with Crippen LogP contribution < -0.4 is 0 Å². The van der Waals surface area contributed by atoms with Crippen LogP contribution in [0.3, 0.4) is 0 Å². The fourth-order valence-corrected chi connectivity index (χ4v) is 4.06. The first-order valence-electron chi connectivity index (χ1n) is 5.82. The van der Waals surface area contributed by atoms with Gasteiger partial charge in [-0.05, 0) is 23.6 Å². The molecule has 0 fully saturated rings. The molecule has 0 aliphatic rings. The normalized spacial score (nSPS) is 11.6. The molecule has 0 amide bonds. The molecule has 0 bridgehead atoms. The van der Waals surface area contributed by atoms with Crippen molar-refractivity contribution in [1.29, 1.82) is 0 Å². The van der Waals surface area contributed by atoms with Gasteiger partial charge >= 0.3 is 0 Å². The van der Waals surface area contributed by atoms with Crippen LogP contribution in [0.5, 0.6) is 0 Å². The van der Waals surface area contributed by atoms with E-state index in [0.29, 0.717) is 0 Å². The van der Waals surface area contributed by atoms with Gasteiger partial charge in [0.15, 0.2) is 0 Å². The summed E-state index contributed by atoms with van der Waals surface area (Å²) in [7, 11) is 0. The third-order valence-corrected chi connectivity index (χ3v) is 5.04. The predicted molar refractivity (Wildman–Crippen MR) is 84.5 cm³/mol. The molecule has 0 aliphatic carbocycles. The molecule has 4 rings (SSSR count). The quantitative estimate of drug-likeness (QED) is 0.375. The largest absolute Gasteiger partial charge is 0.135 e. The Balaban J connectivity index is 2.31. The van der Waals surface area contributed by atoms with Crippen molar-refractivity contribution in [3.8, 4) is 0 Å². The lowest BCUT2D eigenvalue weighted by Gasteiger charge is -2.00. The zero-order valence-electron chi connectivity index (χ0n) is 9.48. The van der Waals surface area contributed by atoms with Crippen LogP contribution >= 0.6 is 27.3 Å². The molecule has 0 aliphatic heterocycles. The molecule has 0 saturated heterocycles. The van der Waals surface area contributed by atoms with E-state index in [0.717, 1.165) is 4.47 Å². The van der Waals surface area contributed by atoms with Crippen LogP contribution in [0.25, 0.3) is 30.9 Å². The minimum atomic E-state index is 1.14.